The van der Waals surface area contributed by atoms with Crippen LogP contribution in [0.25, 0.3) is 39.0 Å². The average Bonchev–Trinajstić information content (AvgIpc) is 3.42. The van der Waals surface area contributed by atoms with Crippen molar-refractivity contribution in [2.45, 2.75) is 9.92 Å². The first-order chi connectivity index (χ1) is 24.2. The van der Waals surface area contributed by atoms with Gasteiger partial charge in [0, 0.05) is 6.20 Å². The van der Waals surface area contributed by atoms with Crippen molar-refractivity contribution in [1.82, 2.24) is 14.1 Å². The molecule has 0 atom stereocenters. The van der Waals surface area contributed by atoms with E-state index in [1.165, 1.54) is 49.7 Å². The van der Waals surface area contributed by atoms with Gasteiger partial charge in [-0.3, -0.25) is 0 Å². The molecule has 0 saturated heterocycles. The van der Waals surface area contributed by atoms with Crippen LogP contribution in [0.3, 0.4) is 0 Å². The van der Waals surface area contributed by atoms with Crippen LogP contribution in [0.4, 0.5) is 0 Å². The minimum atomic E-state index is -0.0655. The topological polar surface area (TPSA) is 22.8 Å². The fourth-order valence-electron chi connectivity index (χ4n) is 6.78. The van der Waals surface area contributed by atoms with Gasteiger partial charge in [-0.2, -0.15) is 0 Å². The zero-order valence-electron chi connectivity index (χ0n) is 26.9. The Morgan fingerprint density at radius 1 is 0.571 bits per heavy atom. The van der Waals surface area contributed by atoms with Gasteiger partial charge in [-0.1, -0.05) is 6.07 Å². The van der Waals surface area contributed by atoms with Crippen LogP contribution in [0.1, 0.15) is 0 Å². The Bertz CT molecular complexity index is 2400. The summed E-state index contributed by atoms with van der Waals surface area (Å²) < 4.78 is 5.78. The molecule has 6 heteroatoms. The number of rotatable bonds is 8. The van der Waals surface area contributed by atoms with Crippen LogP contribution in [0.5, 0.6) is 0 Å². The van der Waals surface area contributed by atoms with E-state index in [0.29, 0.717) is 0 Å². The molecule has 0 aliphatic carbocycles. The Labute approximate surface area is 302 Å². The molecule has 8 rings (SSSR count). The van der Waals surface area contributed by atoms with E-state index >= 15 is 0 Å². The van der Waals surface area contributed by atoms with E-state index in [1.807, 2.05) is 18.3 Å². The summed E-state index contributed by atoms with van der Waals surface area (Å²) in [5.74, 6) is 0. The summed E-state index contributed by atoms with van der Waals surface area (Å²) in [5.41, 5.74) is 12.1. The van der Waals surface area contributed by atoms with Gasteiger partial charge in [0.1, 0.15) is 0 Å². The van der Waals surface area contributed by atoms with E-state index in [2.05, 4.69) is 198 Å². The second-order valence-electron chi connectivity index (χ2n) is 12.0. The third-order valence-corrected chi connectivity index (χ3v) is 11.2. The Hall–Kier alpha value is -4.96. The molecule has 8 aromatic rings. The molecule has 0 N–H and O–H groups in total. The molecule has 0 fully saturated rings. The van der Waals surface area contributed by atoms with Crippen LogP contribution in [0.2, 0.25) is 0 Å². The van der Waals surface area contributed by atoms with Crippen molar-refractivity contribution in [2.75, 3.05) is 0 Å². The van der Waals surface area contributed by atoms with E-state index in [1.54, 1.807) is 11.8 Å². The molecule has 0 radical (unpaired) electrons. The quantitative estimate of drug-likeness (QED) is 0.144. The fraction of sp³-hybridized carbons (Fsp3) is 0.0233. The van der Waals surface area contributed by atoms with Gasteiger partial charge in [-0.15, -0.1) is 0 Å². The third kappa shape index (κ3) is 6.21. The van der Waals surface area contributed by atoms with Crippen LogP contribution in [0.15, 0.2) is 186 Å². The number of hydrogen-bond acceptors (Lipinski definition) is 2. The van der Waals surface area contributed by atoms with E-state index in [9.17, 15) is 0 Å². The SMILES string of the molecule is Cn1[c](=[Pt])n(-c2cccc(B(c3cccc(Sc4ccccn4)c3)c3c(-c4ccccc4)cccc3-c3ccccc3)c2)c2ccccc21. The maximum absolute atomic E-state index is 4.61. The van der Waals surface area contributed by atoms with Gasteiger partial charge in [0.25, 0.3) is 0 Å². The van der Waals surface area contributed by atoms with Crippen molar-refractivity contribution in [3.05, 3.63) is 180 Å². The van der Waals surface area contributed by atoms with Crippen LogP contribution in [-0.4, -0.2) is 20.8 Å². The second-order valence-corrected chi connectivity index (χ2v) is 14.1. The third-order valence-electron chi connectivity index (χ3n) is 8.99. The first kappa shape index (κ1) is 31.3. The molecule has 0 aliphatic heterocycles. The molecular formula is C43H32BN3PtS. The summed E-state index contributed by atoms with van der Waals surface area (Å²) in [6.07, 6.45) is 1.86. The normalized spacial score (nSPS) is 11.2. The summed E-state index contributed by atoms with van der Waals surface area (Å²) in [6, 6.07) is 61.2. The van der Waals surface area contributed by atoms with Crippen LogP contribution >= 0.6 is 11.8 Å². The number of aromatic nitrogens is 3. The molecule has 0 spiro atoms. The van der Waals surface area contributed by atoms with Gasteiger partial charge < -0.3 is 0 Å². The summed E-state index contributed by atoms with van der Waals surface area (Å²) in [5, 5.41) is 0.981. The molecule has 2 heterocycles. The van der Waals surface area contributed by atoms with Crippen molar-refractivity contribution >= 4 is 45.9 Å². The predicted molar refractivity (Wildman–Crippen MR) is 202 cm³/mol. The zero-order chi connectivity index (χ0) is 33.2. The van der Waals surface area contributed by atoms with Crippen LogP contribution in [-0.2, 0) is 26.4 Å². The van der Waals surface area contributed by atoms with Crippen molar-refractivity contribution in [3.8, 4) is 27.9 Å². The van der Waals surface area contributed by atoms with E-state index in [0.717, 1.165) is 19.4 Å². The van der Waals surface area contributed by atoms with Crippen LogP contribution in [0, 0.1) is 3.80 Å². The molecule has 2 aromatic heterocycles. The van der Waals surface area contributed by atoms with Crippen molar-refractivity contribution in [2.24, 2.45) is 7.05 Å². The summed E-state index contributed by atoms with van der Waals surface area (Å²) in [7, 11) is 2.14. The molecule has 238 valence electrons. The number of nitrogens with zero attached hydrogens (tertiary/aromatic N) is 3. The summed E-state index contributed by atoms with van der Waals surface area (Å²) in [6.45, 7) is -0.0655. The van der Waals surface area contributed by atoms with Gasteiger partial charge in [-0.05, 0) is 6.07 Å². The van der Waals surface area contributed by atoms with Crippen LogP contribution < -0.4 is 16.4 Å². The molecule has 6 aromatic carbocycles. The van der Waals surface area contributed by atoms with E-state index in [4.69, 9.17) is 0 Å². The first-order valence-electron chi connectivity index (χ1n) is 16.3. The number of imidazole rings is 1. The van der Waals surface area contributed by atoms with Crippen molar-refractivity contribution in [1.29, 1.82) is 0 Å². The molecule has 0 saturated carbocycles. The minimum absolute atomic E-state index is 0.0655. The number of benzene rings is 6. The summed E-state index contributed by atoms with van der Waals surface area (Å²) >= 11 is 4.15. The average molecular weight is 829 g/mol. The first-order valence-corrected chi connectivity index (χ1v) is 18.3. The molecule has 0 bridgehead atoms. The number of aryl methyl sites for hydroxylation is 1. The fourth-order valence-corrected chi connectivity index (χ4v) is 8.46. The van der Waals surface area contributed by atoms with E-state index in [-0.39, 0.29) is 6.71 Å². The number of para-hydroxylation sites is 2. The molecule has 0 aliphatic rings. The molecule has 49 heavy (non-hydrogen) atoms. The van der Waals surface area contributed by atoms with Gasteiger partial charge in [0.15, 0.2) is 0 Å². The standard InChI is InChI=1S/C43H32BN3S.Pt/c1-46-31-47(41-26-9-8-25-40(41)46)36-21-12-19-34(29-36)44(35-20-13-22-37(30-35)48-42-27-10-11-28-45-42)43-38(32-15-4-2-5-16-32)23-14-24-39(43)33-17-6-3-7-18-33;/h2-30H,1H3;. The van der Waals surface area contributed by atoms with E-state index < -0.39 is 0 Å². The predicted octanol–water partition coefficient (Wildman–Crippen LogP) is 8.44. The monoisotopic (exact) mass is 828 g/mol. The van der Waals surface area contributed by atoms with Crippen molar-refractivity contribution in [3.63, 3.8) is 0 Å². The molecule has 0 amide bonds. The number of pyridine rings is 1. The second kappa shape index (κ2) is 13.9. The number of fused-ring (bicyclic) bond motifs is 1. The zero-order valence-corrected chi connectivity index (χ0v) is 30.0. The summed E-state index contributed by atoms with van der Waals surface area (Å²) in [4.78, 5) is 5.77. The van der Waals surface area contributed by atoms with Crippen molar-refractivity contribution < 1.29 is 19.4 Å². The molecule has 3 nitrogen and oxygen atoms in total. The Balaban J connectivity index is 1.40. The Morgan fingerprint density at radius 2 is 1.16 bits per heavy atom. The van der Waals surface area contributed by atoms with Gasteiger partial charge in [0.2, 0.25) is 0 Å². The molecule has 0 unspecified atom stereocenters. The molecular weight excluding hydrogens is 796 g/mol. The van der Waals surface area contributed by atoms with Gasteiger partial charge >= 0.3 is 286 Å². The van der Waals surface area contributed by atoms with Gasteiger partial charge in [-0.25, -0.2) is 0 Å². The number of hydrogen-bond donors (Lipinski definition) is 0. The van der Waals surface area contributed by atoms with Gasteiger partial charge in [0.05, 0.1) is 0 Å². The Morgan fingerprint density at radius 3 is 1.84 bits per heavy atom. The Kier molecular flexibility index (Phi) is 8.87. The maximum atomic E-state index is 4.61.